The second-order valence-electron chi connectivity index (χ2n) is 8.72. The van der Waals surface area contributed by atoms with Crippen molar-refractivity contribution < 1.29 is 23.0 Å². The molecule has 2 aliphatic rings. The number of rotatable bonds is 6. The van der Waals surface area contributed by atoms with E-state index in [2.05, 4.69) is 9.88 Å². The fraction of sp³-hybridized carbons (Fsp3) is 0.346. The summed E-state index contributed by atoms with van der Waals surface area (Å²) in [5.41, 5.74) is 2.35. The minimum Gasteiger partial charge on any atom is -0.497 e. The molecule has 3 heterocycles. The van der Waals surface area contributed by atoms with Gasteiger partial charge >= 0.3 is 0 Å². The van der Waals surface area contributed by atoms with E-state index in [1.807, 2.05) is 24.3 Å². The lowest BCUT2D eigenvalue weighted by atomic mass is 10.0. The molecule has 35 heavy (non-hydrogen) atoms. The molecule has 0 unspecified atom stereocenters. The number of hydrogen-bond acceptors (Lipinski definition) is 6. The number of benzene rings is 2. The smallest absolute Gasteiger partial charge is 0.229 e. The third-order valence-corrected chi connectivity index (χ3v) is 6.35. The molecule has 0 aliphatic carbocycles. The highest BCUT2D eigenvalue weighted by atomic mass is 19.2. The Bertz CT molecular complexity index is 1250. The van der Waals surface area contributed by atoms with E-state index in [1.54, 1.807) is 12.0 Å². The van der Waals surface area contributed by atoms with Gasteiger partial charge in [0.05, 0.1) is 31.3 Å². The van der Waals surface area contributed by atoms with Crippen molar-refractivity contribution in [1.29, 1.82) is 0 Å². The highest BCUT2D eigenvalue weighted by molar-refractivity contribution is 5.79. The van der Waals surface area contributed by atoms with Gasteiger partial charge in [0, 0.05) is 32.1 Å². The molecule has 0 N–H and O–H groups in total. The molecule has 0 atom stereocenters. The van der Waals surface area contributed by atoms with Crippen molar-refractivity contribution in [3.05, 3.63) is 70.9 Å². The normalized spacial score (nSPS) is 15.2. The zero-order valence-corrected chi connectivity index (χ0v) is 19.5. The number of aromatic nitrogens is 2. The first-order valence-corrected chi connectivity index (χ1v) is 11.7. The number of methoxy groups -OCH3 is 1. The second-order valence-corrected chi connectivity index (χ2v) is 8.72. The Morgan fingerprint density at radius 2 is 1.83 bits per heavy atom. The Labute approximate surface area is 202 Å². The van der Waals surface area contributed by atoms with Gasteiger partial charge in [0.1, 0.15) is 11.5 Å². The molecule has 0 radical (unpaired) electrons. The minimum atomic E-state index is -1.000. The van der Waals surface area contributed by atoms with Crippen LogP contribution >= 0.6 is 0 Å². The summed E-state index contributed by atoms with van der Waals surface area (Å²) in [5.74, 6) is -0.321. The molecule has 182 valence electrons. The van der Waals surface area contributed by atoms with E-state index in [9.17, 15) is 13.6 Å². The van der Waals surface area contributed by atoms with Gasteiger partial charge in [-0.05, 0) is 42.7 Å². The lowest BCUT2D eigenvalue weighted by Gasteiger charge is -2.30. The van der Waals surface area contributed by atoms with E-state index >= 15 is 0 Å². The Morgan fingerprint density at radius 1 is 1.00 bits per heavy atom. The maximum absolute atomic E-state index is 13.8. The maximum Gasteiger partial charge on any atom is 0.229 e. The van der Waals surface area contributed by atoms with Crippen LogP contribution in [-0.4, -0.2) is 47.5 Å². The molecule has 1 fully saturated rings. The van der Waals surface area contributed by atoms with Gasteiger partial charge < -0.3 is 19.3 Å². The van der Waals surface area contributed by atoms with Crippen LogP contribution in [0.15, 0.2) is 42.5 Å². The van der Waals surface area contributed by atoms with Crippen molar-refractivity contribution in [2.24, 2.45) is 0 Å². The van der Waals surface area contributed by atoms with Crippen molar-refractivity contribution in [1.82, 2.24) is 14.9 Å². The lowest BCUT2D eigenvalue weighted by molar-refractivity contribution is -0.131. The fourth-order valence-corrected chi connectivity index (χ4v) is 4.45. The molecule has 2 aliphatic heterocycles. The van der Waals surface area contributed by atoms with E-state index in [4.69, 9.17) is 14.5 Å². The summed E-state index contributed by atoms with van der Waals surface area (Å²) in [5, 5.41) is 0. The van der Waals surface area contributed by atoms with E-state index in [-0.39, 0.29) is 30.5 Å². The maximum atomic E-state index is 13.8. The van der Waals surface area contributed by atoms with Crippen LogP contribution < -0.4 is 14.4 Å². The number of fused-ring (bicyclic) bond motifs is 1. The summed E-state index contributed by atoms with van der Waals surface area (Å²) in [6, 6.07) is 10.8. The quantitative estimate of drug-likeness (QED) is 0.525. The van der Waals surface area contributed by atoms with Gasteiger partial charge in [-0.2, -0.15) is 4.98 Å². The Morgan fingerprint density at radius 3 is 2.60 bits per heavy atom. The molecule has 0 bridgehead atoms. The molecule has 0 spiro atoms. The second kappa shape index (κ2) is 9.85. The van der Waals surface area contributed by atoms with E-state index < -0.39 is 11.6 Å². The third kappa shape index (κ3) is 5.03. The first-order chi connectivity index (χ1) is 17.0. The summed E-state index contributed by atoms with van der Waals surface area (Å²) in [6.45, 7) is 2.51. The van der Waals surface area contributed by atoms with Crippen molar-refractivity contribution in [3.63, 3.8) is 0 Å². The molecule has 1 amide bonds. The van der Waals surface area contributed by atoms with Gasteiger partial charge in [-0.15, -0.1) is 0 Å². The van der Waals surface area contributed by atoms with Gasteiger partial charge in [-0.25, -0.2) is 13.8 Å². The number of anilines is 1. The fourth-order valence-electron chi connectivity index (χ4n) is 4.45. The average Bonchev–Trinajstić information content (AvgIpc) is 3.41. The number of halogens is 2. The van der Waals surface area contributed by atoms with Gasteiger partial charge in [0.2, 0.25) is 17.7 Å². The first-order valence-electron chi connectivity index (χ1n) is 11.7. The van der Waals surface area contributed by atoms with Crippen LogP contribution in [0, 0.1) is 11.6 Å². The summed E-state index contributed by atoms with van der Waals surface area (Å²) in [4.78, 5) is 26.4. The highest BCUT2D eigenvalue weighted by Gasteiger charge is 2.28. The number of hydrogen-bond donors (Lipinski definition) is 0. The molecule has 5 rings (SSSR count). The standard InChI is InChI=1S/C26H26F2N4O3/c1-34-18-6-4-5-17(13-18)14-24(33)32-12-9-23-20(16-32)25(30-26(29-23)31-10-2-3-11-31)35-19-7-8-21(27)22(28)15-19/h4-8,13,15H,2-3,9-12,14,16H2,1H3. The molecular formula is C26H26F2N4O3. The van der Waals surface area contributed by atoms with E-state index in [0.717, 1.165) is 49.3 Å². The van der Waals surface area contributed by atoms with Gasteiger partial charge in [-0.1, -0.05) is 12.1 Å². The molecule has 1 aromatic heterocycles. The van der Waals surface area contributed by atoms with Crippen LogP contribution in [0.3, 0.4) is 0 Å². The summed E-state index contributed by atoms with van der Waals surface area (Å²) in [6.07, 6.45) is 2.91. The van der Waals surface area contributed by atoms with Crippen LogP contribution in [0.4, 0.5) is 14.7 Å². The number of carbonyl (C=O) groups excluding carboxylic acids is 1. The lowest BCUT2D eigenvalue weighted by Crippen LogP contribution is -2.38. The molecule has 2 aromatic carbocycles. The molecule has 3 aromatic rings. The Balaban J connectivity index is 1.42. The van der Waals surface area contributed by atoms with Crippen LogP contribution in [0.5, 0.6) is 17.4 Å². The molecular weight excluding hydrogens is 454 g/mol. The van der Waals surface area contributed by atoms with Gasteiger partial charge in [0.25, 0.3) is 0 Å². The zero-order valence-electron chi connectivity index (χ0n) is 19.5. The Hall–Kier alpha value is -3.75. The highest BCUT2D eigenvalue weighted by Crippen LogP contribution is 2.33. The number of nitrogens with zero attached hydrogens (tertiary/aromatic N) is 4. The number of ether oxygens (including phenoxy) is 2. The van der Waals surface area contributed by atoms with Crippen molar-refractivity contribution in [2.45, 2.75) is 32.2 Å². The Kier molecular flexibility index (Phi) is 6.48. The topological polar surface area (TPSA) is 67.8 Å². The number of amides is 1. The molecule has 0 saturated carbocycles. The SMILES string of the molecule is COc1cccc(CC(=O)N2CCc3nc(N4CCCC4)nc(Oc4ccc(F)c(F)c4)c3C2)c1. The summed E-state index contributed by atoms with van der Waals surface area (Å²) < 4.78 is 38.5. The van der Waals surface area contributed by atoms with Crippen molar-refractivity contribution in [2.75, 3.05) is 31.6 Å². The zero-order chi connectivity index (χ0) is 24.4. The van der Waals surface area contributed by atoms with E-state index in [1.165, 1.54) is 6.07 Å². The average molecular weight is 481 g/mol. The molecule has 9 heteroatoms. The molecule has 7 nitrogen and oxygen atoms in total. The van der Waals surface area contributed by atoms with E-state index in [0.29, 0.717) is 30.2 Å². The van der Waals surface area contributed by atoms with Gasteiger partial charge in [0.15, 0.2) is 11.6 Å². The predicted octanol–water partition coefficient (Wildman–Crippen LogP) is 4.28. The van der Waals surface area contributed by atoms with Crippen LogP contribution in [0.2, 0.25) is 0 Å². The van der Waals surface area contributed by atoms with Crippen molar-refractivity contribution >= 4 is 11.9 Å². The van der Waals surface area contributed by atoms with Crippen LogP contribution in [0.1, 0.15) is 29.7 Å². The van der Waals surface area contributed by atoms with Crippen LogP contribution in [0.25, 0.3) is 0 Å². The summed E-state index contributed by atoms with van der Waals surface area (Å²) >= 11 is 0. The van der Waals surface area contributed by atoms with Gasteiger partial charge in [-0.3, -0.25) is 4.79 Å². The molecule has 1 saturated heterocycles. The number of carbonyl (C=O) groups is 1. The third-order valence-electron chi connectivity index (χ3n) is 6.35. The van der Waals surface area contributed by atoms with Crippen molar-refractivity contribution in [3.8, 4) is 17.4 Å². The largest absolute Gasteiger partial charge is 0.497 e. The predicted molar refractivity (Wildman–Crippen MR) is 126 cm³/mol. The monoisotopic (exact) mass is 480 g/mol. The minimum absolute atomic E-state index is 0.0358. The van der Waals surface area contributed by atoms with Crippen LogP contribution in [-0.2, 0) is 24.2 Å². The summed E-state index contributed by atoms with van der Waals surface area (Å²) in [7, 11) is 1.59. The first kappa shape index (κ1) is 23.0.